The van der Waals surface area contributed by atoms with E-state index in [0.29, 0.717) is 0 Å². The summed E-state index contributed by atoms with van der Waals surface area (Å²) in [6, 6.07) is 0. The third kappa shape index (κ3) is 1210. The molecule has 0 fully saturated rings. The standard InChI is InChI=1S/2Ca.3H2O4S.H2O.4H/c;;3*1-5(2,3)4;;;;;/h;;3*(H2,1,2,3,4);1H2;;;;. The zero-order valence-electron chi connectivity index (χ0n) is 6.86. The van der Waals surface area contributed by atoms with Crippen molar-refractivity contribution in [2.75, 3.05) is 0 Å². The summed E-state index contributed by atoms with van der Waals surface area (Å²) in [7, 11) is -14.0. The predicted molar refractivity (Wildman–Crippen MR) is 63.2 cm³/mol. The molecule has 0 radical (unpaired) electrons. The molecule has 0 saturated carbocycles. The molecule has 13 nitrogen and oxygen atoms in total. The Kier molecular flexibility index (Phi) is 31.7. The third-order valence-electron chi connectivity index (χ3n) is 0. The Labute approximate surface area is 162 Å². The fraction of sp³-hybridized carbons (Fsp3) is 0. The minimum atomic E-state index is -4.67. The van der Waals surface area contributed by atoms with Gasteiger partial charge in [-0.15, -0.1) is 0 Å². The van der Waals surface area contributed by atoms with Gasteiger partial charge in [-0.05, 0) is 0 Å². The van der Waals surface area contributed by atoms with Crippen LogP contribution in [0.1, 0.15) is 0 Å². The Hall–Kier alpha value is 2.09. The van der Waals surface area contributed by atoms with E-state index in [0.717, 1.165) is 0 Å². The van der Waals surface area contributed by atoms with Gasteiger partial charge in [-0.3, -0.25) is 27.3 Å². The van der Waals surface area contributed by atoms with Crippen LogP contribution in [0.3, 0.4) is 0 Å². The summed E-state index contributed by atoms with van der Waals surface area (Å²) < 4.78 is 94.8. The second kappa shape index (κ2) is 15.5. The summed E-state index contributed by atoms with van der Waals surface area (Å²) >= 11 is 0. The molecule has 0 aromatic heterocycles. The van der Waals surface area contributed by atoms with Crippen molar-refractivity contribution in [1.29, 1.82) is 0 Å². The molecule has 8 N–H and O–H groups in total. The molecule has 0 aliphatic rings. The first-order valence-electron chi connectivity index (χ1n) is 2.10. The molecule has 0 aromatic carbocycles. The molecule has 0 saturated heterocycles. The van der Waals surface area contributed by atoms with Gasteiger partial charge >= 0.3 is 107 Å². The molecule has 0 aliphatic carbocycles. The molecule has 0 bridgehead atoms. The van der Waals surface area contributed by atoms with E-state index in [1.807, 2.05) is 0 Å². The first-order chi connectivity index (χ1) is 6.00. The molecule has 0 amide bonds. The van der Waals surface area contributed by atoms with E-state index in [4.69, 9.17) is 52.6 Å². The molecule has 18 heavy (non-hydrogen) atoms. The quantitative estimate of drug-likeness (QED) is 0.167. The Morgan fingerprint density at radius 1 is 0.444 bits per heavy atom. The van der Waals surface area contributed by atoms with Crippen molar-refractivity contribution in [2.45, 2.75) is 0 Å². The molecule has 0 atom stereocenters. The fourth-order valence-corrected chi connectivity index (χ4v) is 0. The van der Waals surface area contributed by atoms with E-state index in [9.17, 15) is 0 Å². The van der Waals surface area contributed by atoms with Gasteiger partial charge in [0, 0.05) is 0 Å². The average molecular weight is 396 g/mol. The monoisotopic (exact) mass is 396 g/mol. The van der Waals surface area contributed by atoms with Crippen LogP contribution in [-0.2, 0) is 31.2 Å². The maximum absolute atomic E-state index is 8.74. The van der Waals surface area contributed by atoms with Gasteiger partial charge in [0.15, 0.2) is 0 Å². The van der Waals surface area contributed by atoms with Crippen molar-refractivity contribution in [1.82, 2.24) is 0 Å². The zero-order valence-corrected chi connectivity index (χ0v) is 9.31. The molecule has 0 aliphatic heterocycles. The van der Waals surface area contributed by atoms with E-state index in [1.54, 1.807) is 0 Å². The van der Waals surface area contributed by atoms with Crippen LogP contribution in [0.25, 0.3) is 0 Å². The summed E-state index contributed by atoms with van der Waals surface area (Å²) in [6.45, 7) is 0. The van der Waals surface area contributed by atoms with Crippen LogP contribution in [0.5, 0.6) is 0 Å². The first-order valence-corrected chi connectivity index (χ1v) is 6.29. The molecule has 0 unspecified atom stereocenters. The molecule has 18 heteroatoms. The van der Waals surface area contributed by atoms with Gasteiger partial charge in [0.2, 0.25) is 0 Å². The number of hydrogen-bond donors (Lipinski definition) is 6. The van der Waals surface area contributed by atoms with Crippen LogP contribution in [0, 0.1) is 0 Å². The van der Waals surface area contributed by atoms with Crippen molar-refractivity contribution >= 4 is 107 Å². The minimum absolute atomic E-state index is 0. The fourth-order valence-electron chi connectivity index (χ4n) is 0. The van der Waals surface area contributed by atoms with Crippen LogP contribution >= 0.6 is 0 Å². The summed E-state index contributed by atoms with van der Waals surface area (Å²) in [6.07, 6.45) is 0. The molecule has 0 rings (SSSR count). The second-order valence-electron chi connectivity index (χ2n) is 1.34. The van der Waals surface area contributed by atoms with Crippen LogP contribution in [0.15, 0.2) is 0 Å². The van der Waals surface area contributed by atoms with Gasteiger partial charge in [0.05, 0.1) is 0 Å². The van der Waals surface area contributed by atoms with E-state index in [1.165, 1.54) is 0 Å². The van der Waals surface area contributed by atoms with E-state index >= 15 is 0 Å². The Morgan fingerprint density at radius 2 is 0.444 bits per heavy atom. The Bertz CT molecular complexity index is 341. The molecular weight excluding hydrogens is 384 g/mol. The molecular formula is H12Ca2O13S3. The Morgan fingerprint density at radius 3 is 0.444 bits per heavy atom. The summed E-state index contributed by atoms with van der Waals surface area (Å²) in [5.74, 6) is 0. The van der Waals surface area contributed by atoms with Gasteiger partial charge in [0.1, 0.15) is 0 Å². The Balaban J connectivity index is -0.0000000277. The topological polar surface area (TPSA) is 255 Å². The normalized spacial score (nSPS) is 9.67. The zero-order chi connectivity index (χ0) is 13.5. The van der Waals surface area contributed by atoms with Crippen molar-refractivity contribution in [3.8, 4) is 0 Å². The van der Waals surface area contributed by atoms with Gasteiger partial charge < -0.3 is 5.48 Å². The predicted octanol–water partition coefficient (Wildman–Crippen LogP) is -4.62. The number of hydrogen-bond acceptors (Lipinski definition) is 6. The van der Waals surface area contributed by atoms with Crippen molar-refractivity contribution in [2.24, 2.45) is 0 Å². The second-order valence-corrected chi connectivity index (χ2v) is 4.03. The average Bonchev–Trinajstić information content (AvgIpc) is 1.41. The van der Waals surface area contributed by atoms with Gasteiger partial charge in [-0.2, -0.15) is 25.3 Å². The summed E-state index contributed by atoms with van der Waals surface area (Å²) in [5, 5.41) is 0. The third-order valence-corrected chi connectivity index (χ3v) is 0. The van der Waals surface area contributed by atoms with Crippen molar-refractivity contribution in [3.63, 3.8) is 0 Å². The van der Waals surface area contributed by atoms with Gasteiger partial charge in [0.25, 0.3) is 0 Å². The maximum atomic E-state index is 8.74. The van der Waals surface area contributed by atoms with Crippen LogP contribution < -0.4 is 0 Å². The van der Waals surface area contributed by atoms with Gasteiger partial charge in [-0.1, -0.05) is 0 Å². The van der Waals surface area contributed by atoms with E-state index in [-0.39, 0.29) is 81.0 Å². The van der Waals surface area contributed by atoms with Crippen molar-refractivity contribution in [3.05, 3.63) is 0 Å². The molecule has 0 spiro atoms. The van der Waals surface area contributed by atoms with E-state index < -0.39 is 31.2 Å². The number of rotatable bonds is 0. The first kappa shape index (κ1) is 36.9. The SMILES string of the molecule is O.O=S(=O)(O)O.O=S(=O)(O)O.O=S(=O)(O)O.[CaH2].[CaH2]. The van der Waals surface area contributed by atoms with Crippen molar-refractivity contribution < 1.29 is 58.0 Å². The van der Waals surface area contributed by atoms with Crippen LogP contribution in [0.2, 0.25) is 0 Å². The molecule has 0 aromatic rings. The van der Waals surface area contributed by atoms with Crippen LogP contribution in [0.4, 0.5) is 0 Å². The van der Waals surface area contributed by atoms with Gasteiger partial charge in [-0.25, -0.2) is 0 Å². The molecule has 112 valence electrons. The van der Waals surface area contributed by atoms with Crippen LogP contribution in [-0.4, -0.2) is 134 Å². The summed E-state index contributed by atoms with van der Waals surface area (Å²) in [4.78, 5) is 0. The van der Waals surface area contributed by atoms with E-state index in [2.05, 4.69) is 0 Å². The molecule has 0 heterocycles. The summed E-state index contributed by atoms with van der Waals surface area (Å²) in [5.41, 5.74) is 0.